The molecule has 0 bridgehead atoms. The fourth-order valence-corrected chi connectivity index (χ4v) is 3.84. The number of rotatable bonds is 8. The van der Waals surface area contributed by atoms with E-state index in [-0.39, 0.29) is 36.7 Å². The van der Waals surface area contributed by atoms with E-state index in [9.17, 15) is 9.59 Å². The molecule has 0 unspecified atom stereocenters. The molecule has 3 aromatic rings. The summed E-state index contributed by atoms with van der Waals surface area (Å²) >= 11 is 0. The average molecular weight is 434 g/mol. The molecule has 0 saturated carbocycles. The van der Waals surface area contributed by atoms with E-state index >= 15 is 0 Å². The van der Waals surface area contributed by atoms with E-state index in [0.717, 1.165) is 17.0 Å². The number of aryl methyl sites for hydroxylation is 1. The van der Waals surface area contributed by atoms with Crippen molar-refractivity contribution in [3.05, 3.63) is 84.1 Å². The molecule has 8 heteroatoms. The van der Waals surface area contributed by atoms with Crippen LogP contribution in [0.15, 0.2) is 76.6 Å². The van der Waals surface area contributed by atoms with Gasteiger partial charge in [0.05, 0.1) is 30.3 Å². The molecule has 4 rings (SSSR count). The van der Waals surface area contributed by atoms with Crippen molar-refractivity contribution in [2.45, 2.75) is 12.5 Å². The van der Waals surface area contributed by atoms with Crippen LogP contribution in [0, 0.1) is 0 Å². The number of aromatic nitrogens is 1. The normalized spacial score (nSPS) is 15.6. The second kappa shape index (κ2) is 9.65. The van der Waals surface area contributed by atoms with Crippen LogP contribution in [0.3, 0.4) is 0 Å². The highest BCUT2D eigenvalue weighted by Crippen LogP contribution is 2.32. The third kappa shape index (κ3) is 4.50. The number of ether oxygens (including phenoxy) is 1. The van der Waals surface area contributed by atoms with Crippen LogP contribution in [0.2, 0.25) is 0 Å². The molecule has 1 aromatic carbocycles. The summed E-state index contributed by atoms with van der Waals surface area (Å²) in [6.07, 6.45) is 3.98. The third-order valence-electron chi connectivity index (χ3n) is 5.50. The van der Waals surface area contributed by atoms with Crippen molar-refractivity contribution in [1.29, 1.82) is 0 Å². The molecule has 0 saturated heterocycles. The summed E-state index contributed by atoms with van der Waals surface area (Å²) in [7, 11) is 3.51. The minimum atomic E-state index is -0.359. The minimum absolute atomic E-state index is 0.129. The lowest BCUT2D eigenvalue weighted by Crippen LogP contribution is -2.42. The van der Waals surface area contributed by atoms with Crippen molar-refractivity contribution >= 4 is 17.5 Å². The Kier molecular flexibility index (Phi) is 6.51. The molecule has 0 radical (unpaired) electrons. The van der Waals surface area contributed by atoms with Crippen LogP contribution >= 0.6 is 0 Å². The van der Waals surface area contributed by atoms with Crippen molar-refractivity contribution in [2.75, 3.05) is 26.8 Å². The quantitative estimate of drug-likeness (QED) is 0.546. The Morgan fingerprint density at radius 3 is 2.62 bits per heavy atom. The lowest BCUT2D eigenvalue weighted by Gasteiger charge is -2.26. The molecule has 0 N–H and O–H groups in total. The fourth-order valence-electron chi connectivity index (χ4n) is 3.84. The summed E-state index contributed by atoms with van der Waals surface area (Å²) in [4.78, 5) is 27.7. The summed E-state index contributed by atoms with van der Waals surface area (Å²) < 4.78 is 12.4. The Morgan fingerprint density at radius 1 is 1.16 bits per heavy atom. The SMILES string of the molecule is COCCN(CC(=O)N1N=C(c2cccn2C)C[C@H]1c1ccccc1)C(=O)c1ccco1. The number of methoxy groups -OCH3 is 1. The largest absolute Gasteiger partial charge is 0.459 e. The second-order valence-corrected chi connectivity index (χ2v) is 7.62. The first kappa shape index (κ1) is 21.6. The highest BCUT2D eigenvalue weighted by Gasteiger charge is 2.35. The number of carbonyl (C=O) groups is 2. The van der Waals surface area contributed by atoms with Gasteiger partial charge in [-0.05, 0) is 29.8 Å². The van der Waals surface area contributed by atoms with Gasteiger partial charge in [-0.2, -0.15) is 5.10 Å². The number of amides is 2. The molecular weight excluding hydrogens is 408 g/mol. The van der Waals surface area contributed by atoms with Gasteiger partial charge in [-0.15, -0.1) is 0 Å². The molecule has 0 fully saturated rings. The van der Waals surface area contributed by atoms with Gasteiger partial charge in [0.15, 0.2) is 5.76 Å². The van der Waals surface area contributed by atoms with Gasteiger partial charge in [0.2, 0.25) is 0 Å². The predicted molar refractivity (Wildman–Crippen MR) is 119 cm³/mol. The molecule has 0 aliphatic carbocycles. The zero-order chi connectivity index (χ0) is 22.5. The van der Waals surface area contributed by atoms with Crippen molar-refractivity contribution in [2.24, 2.45) is 12.1 Å². The Hall–Kier alpha value is -3.65. The van der Waals surface area contributed by atoms with Gasteiger partial charge >= 0.3 is 0 Å². The smallest absolute Gasteiger partial charge is 0.290 e. The molecule has 8 nitrogen and oxygen atoms in total. The number of hydrogen-bond acceptors (Lipinski definition) is 5. The second-order valence-electron chi connectivity index (χ2n) is 7.62. The standard InChI is InChI=1S/C24H26N4O4/c1-26-12-6-10-20(26)19-16-21(18-8-4-3-5-9-18)28(25-19)23(29)17-27(13-15-31-2)24(30)22-11-7-14-32-22/h3-12,14,21H,13,15-17H2,1-2H3/t21-/m0/s1. The van der Waals surface area contributed by atoms with Gasteiger partial charge in [-0.25, -0.2) is 5.01 Å². The monoisotopic (exact) mass is 434 g/mol. The number of furan rings is 1. The van der Waals surface area contributed by atoms with Gasteiger partial charge < -0.3 is 18.6 Å². The van der Waals surface area contributed by atoms with E-state index in [1.165, 1.54) is 16.2 Å². The lowest BCUT2D eigenvalue weighted by molar-refractivity contribution is -0.133. The number of hydrogen-bond donors (Lipinski definition) is 0. The van der Waals surface area contributed by atoms with Gasteiger partial charge in [0.1, 0.15) is 6.54 Å². The Bertz CT molecular complexity index is 1090. The van der Waals surface area contributed by atoms with Crippen molar-refractivity contribution in [3.8, 4) is 0 Å². The first-order chi connectivity index (χ1) is 15.6. The number of carbonyl (C=O) groups excluding carboxylic acids is 2. The highest BCUT2D eigenvalue weighted by atomic mass is 16.5. The van der Waals surface area contributed by atoms with E-state index in [4.69, 9.17) is 14.3 Å². The first-order valence-corrected chi connectivity index (χ1v) is 10.5. The molecule has 2 amide bonds. The Balaban J connectivity index is 1.60. The Morgan fingerprint density at radius 2 is 1.97 bits per heavy atom. The average Bonchev–Trinajstić information content (AvgIpc) is 3.57. The van der Waals surface area contributed by atoms with Crippen LogP contribution in [0.25, 0.3) is 0 Å². The predicted octanol–water partition coefficient (Wildman–Crippen LogP) is 3.08. The lowest BCUT2D eigenvalue weighted by atomic mass is 10.0. The van der Waals surface area contributed by atoms with Gasteiger partial charge in [0, 0.05) is 33.3 Å². The van der Waals surface area contributed by atoms with E-state index in [1.807, 2.05) is 60.3 Å². The third-order valence-corrected chi connectivity index (χ3v) is 5.50. The van der Waals surface area contributed by atoms with Crippen molar-refractivity contribution < 1.29 is 18.7 Å². The molecule has 1 aliphatic heterocycles. The molecule has 1 aliphatic rings. The van der Waals surface area contributed by atoms with Gasteiger partial charge in [-0.3, -0.25) is 9.59 Å². The van der Waals surface area contributed by atoms with E-state index < -0.39 is 0 Å². The molecule has 0 spiro atoms. The van der Waals surface area contributed by atoms with Crippen LogP contribution in [0.4, 0.5) is 0 Å². The van der Waals surface area contributed by atoms with E-state index in [1.54, 1.807) is 19.2 Å². The summed E-state index contributed by atoms with van der Waals surface area (Å²) in [6.45, 7) is 0.440. The van der Waals surface area contributed by atoms with Gasteiger partial charge in [0.25, 0.3) is 11.8 Å². The molecule has 1 atom stereocenters. The van der Waals surface area contributed by atoms with Gasteiger partial charge in [-0.1, -0.05) is 30.3 Å². The molecular formula is C24H26N4O4. The van der Waals surface area contributed by atoms with E-state index in [2.05, 4.69) is 0 Å². The maximum Gasteiger partial charge on any atom is 0.290 e. The summed E-state index contributed by atoms with van der Waals surface area (Å²) in [5.74, 6) is -0.440. The summed E-state index contributed by atoms with van der Waals surface area (Å²) in [6, 6.07) is 16.8. The summed E-state index contributed by atoms with van der Waals surface area (Å²) in [5, 5.41) is 6.20. The zero-order valence-electron chi connectivity index (χ0n) is 18.2. The van der Waals surface area contributed by atoms with Crippen molar-refractivity contribution in [1.82, 2.24) is 14.5 Å². The summed E-state index contributed by atoms with van der Waals surface area (Å²) in [5.41, 5.74) is 2.79. The molecule has 2 aromatic heterocycles. The molecule has 32 heavy (non-hydrogen) atoms. The molecule has 3 heterocycles. The minimum Gasteiger partial charge on any atom is -0.459 e. The van der Waals surface area contributed by atoms with E-state index in [0.29, 0.717) is 13.0 Å². The zero-order valence-corrected chi connectivity index (χ0v) is 18.2. The highest BCUT2D eigenvalue weighted by molar-refractivity contribution is 6.02. The van der Waals surface area contributed by atoms with Crippen LogP contribution in [-0.2, 0) is 16.6 Å². The topological polar surface area (TPSA) is 80.3 Å². The fraction of sp³-hybridized carbons (Fsp3) is 0.292. The van der Waals surface area contributed by atoms with Crippen LogP contribution in [-0.4, -0.2) is 58.8 Å². The van der Waals surface area contributed by atoms with Crippen LogP contribution in [0.1, 0.15) is 34.3 Å². The maximum atomic E-state index is 13.4. The van der Waals surface area contributed by atoms with Crippen LogP contribution < -0.4 is 0 Å². The Labute approximate surface area is 186 Å². The maximum absolute atomic E-state index is 13.4. The number of nitrogens with zero attached hydrogens (tertiary/aromatic N) is 4. The first-order valence-electron chi connectivity index (χ1n) is 10.5. The van der Waals surface area contributed by atoms with Crippen molar-refractivity contribution in [3.63, 3.8) is 0 Å². The molecule has 166 valence electrons. The van der Waals surface area contributed by atoms with Crippen LogP contribution in [0.5, 0.6) is 0 Å². The number of benzene rings is 1. The number of hydrazone groups is 1.